The van der Waals surface area contributed by atoms with Crippen molar-refractivity contribution < 1.29 is 0 Å². The van der Waals surface area contributed by atoms with E-state index >= 15 is 0 Å². The molecule has 0 saturated carbocycles. The number of allylic oxidation sites excluding steroid dienone is 9. The second kappa shape index (κ2) is 9.41. The highest BCUT2D eigenvalue weighted by Gasteiger charge is 2.05. The van der Waals surface area contributed by atoms with Gasteiger partial charge in [0.2, 0.25) is 0 Å². The normalized spacial score (nSPS) is 14.6. The summed E-state index contributed by atoms with van der Waals surface area (Å²) in [5.74, 6) is 0.423. The zero-order valence-electron chi connectivity index (χ0n) is 12.3. The summed E-state index contributed by atoms with van der Waals surface area (Å²) in [6, 6.07) is 0. The minimum atomic E-state index is 0.423. The summed E-state index contributed by atoms with van der Waals surface area (Å²) in [6.45, 7) is 12.4. The van der Waals surface area contributed by atoms with Gasteiger partial charge in [0.15, 0.2) is 0 Å². The van der Waals surface area contributed by atoms with Crippen molar-refractivity contribution in [3.63, 3.8) is 0 Å². The van der Waals surface area contributed by atoms with Gasteiger partial charge in [0.25, 0.3) is 0 Å². The fraction of sp³-hybridized carbons (Fsp3) is 0.353. The van der Waals surface area contributed by atoms with Gasteiger partial charge >= 0.3 is 0 Å². The van der Waals surface area contributed by atoms with E-state index in [4.69, 9.17) is 0 Å². The highest BCUT2D eigenvalue weighted by Crippen LogP contribution is 2.11. The maximum Gasteiger partial charge on any atom is 0.0602 e. The molecule has 0 aliphatic heterocycles. The van der Waals surface area contributed by atoms with E-state index < -0.39 is 0 Å². The van der Waals surface area contributed by atoms with Crippen molar-refractivity contribution in [2.45, 2.75) is 27.7 Å². The largest absolute Gasteiger partial charge is 0.288 e. The molecule has 0 aliphatic carbocycles. The zero-order chi connectivity index (χ0) is 14.0. The number of hydrogen-bond donors (Lipinski definition) is 0. The SMILES string of the molecule is C=C(C(/C=C(C)/C=C/C=C\C=C/C)=N/C)C(C)C. The standard InChI is InChI=1S/C17H25N/c1-7-8-9-10-11-12-15(4)13-17(18-6)16(5)14(2)3/h7-14H,5H2,1-4,6H3/b8-7-,10-9-,12-11+,15-13+,18-17+. The molecule has 0 unspecified atom stereocenters. The molecule has 0 saturated heterocycles. The van der Waals surface area contributed by atoms with Gasteiger partial charge in [0, 0.05) is 7.05 Å². The monoisotopic (exact) mass is 243 g/mol. The van der Waals surface area contributed by atoms with Crippen molar-refractivity contribution in [3.8, 4) is 0 Å². The Hall–Kier alpha value is -1.63. The predicted molar refractivity (Wildman–Crippen MR) is 84.2 cm³/mol. The van der Waals surface area contributed by atoms with Crippen LogP contribution in [0.15, 0.2) is 65.2 Å². The molecule has 0 atom stereocenters. The van der Waals surface area contributed by atoms with E-state index in [-0.39, 0.29) is 0 Å². The lowest BCUT2D eigenvalue weighted by atomic mass is 9.98. The van der Waals surface area contributed by atoms with Crippen LogP contribution in [0.1, 0.15) is 27.7 Å². The molecule has 1 nitrogen and oxygen atoms in total. The van der Waals surface area contributed by atoms with Crippen LogP contribution in [0.4, 0.5) is 0 Å². The first-order valence-corrected chi connectivity index (χ1v) is 6.33. The lowest BCUT2D eigenvalue weighted by Gasteiger charge is -2.09. The van der Waals surface area contributed by atoms with Crippen LogP contribution in [0.5, 0.6) is 0 Å². The Balaban J connectivity index is 4.71. The van der Waals surface area contributed by atoms with E-state index in [0.29, 0.717) is 5.92 Å². The van der Waals surface area contributed by atoms with Gasteiger partial charge in [-0.1, -0.05) is 56.9 Å². The summed E-state index contributed by atoms with van der Waals surface area (Å²) in [6.07, 6.45) is 14.2. The van der Waals surface area contributed by atoms with Gasteiger partial charge in [-0.05, 0) is 37.0 Å². The molecule has 0 aromatic carbocycles. The summed E-state index contributed by atoms with van der Waals surface area (Å²) in [5, 5.41) is 0. The fourth-order valence-corrected chi connectivity index (χ4v) is 1.31. The quantitative estimate of drug-likeness (QED) is 0.464. The average Bonchev–Trinajstić information content (AvgIpc) is 2.34. The molecule has 0 aromatic rings. The number of aliphatic imine (C=N–C) groups is 1. The van der Waals surface area contributed by atoms with Gasteiger partial charge in [-0.3, -0.25) is 4.99 Å². The van der Waals surface area contributed by atoms with Gasteiger partial charge in [-0.15, -0.1) is 0 Å². The van der Waals surface area contributed by atoms with Crippen molar-refractivity contribution in [2.24, 2.45) is 10.9 Å². The molecule has 0 aromatic heterocycles. The first-order valence-electron chi connectivity index (χ1n) is 6.33. The summed E-state index contributed by atoms with van der Waals surface area (Å²) in [7, 11) is 1.81. The van der Waals surface area contributed by atoms with Gasteiger partial charge in [0.05, 0.1) is 5.71 Å². The topological polar surface area (TPSA) is 12.4 Å². The number of hydrogen-bond acceptors (Lipinski definition) is 1. The van der Waals surface area contributed by atoms with Crippen molar-refractivity contribution >= 4 is 5.71 Å². The van der Waals surface area contributed by atoms with Crippen LogP contribution in [-0.4, -0.2) is 12.8 Å². The van der Waals surface area contributed by atoms with Crippen molar-refractivity contribution in [1.82, 2.24) is 0 Å². The third-order valence-electron chi connectivity index (χ3n) is 2.52. The van der Waals surface area contributed by atoms with Gasteiger partial charge in [0.1, 0.15) is 0 Å². The smallest absolute Gasteiger partial charge is 0.0602 e. The lowest BCUT2D eigenvalue weighted by Crippen LogP contribution is -2.05. The summed E-state index contributed by atoms with van der Waals surface area (Å²) >= 11 is 0. The molecule has 0 amide bonds. The second-order valence-corrected chi connectivity index (χ2v) is 4.45. The second-order valence-electron chi connectivity index (χ2n) is 4.45. The molecule has 0 bridgehead atoms. The zero-order valence-corrected chi connectivity index (χ0v) is 12.3. The average molecular weight is 243 g/mol. The fourth-order valence-electron chi connectivity index (χ4n) is 1.31. The Kier molecular flexibility index (Phi) is 8.55. The predicted octanol–water partition coefficient (Wildman–Crippen LogP) is 4.90. The van der Waals surface area contributed by atoms with E-state index in [0.717, 1.165) is 11.3 Å². The van der Waals surface area contributed by atoms with Gasteiger partial charge < -0.3 is 0 Å². The minimum Gasteiger partial charge on any atom is -0.288 e. The highest BCUT2D eigenvalue weighted by molar-refractivity contribution is 6.08. The van der Waals surface area contributed by atoms with Gasteiger partial charge in [-0.2, -0.15) is 0 Å². The Morgan fingerprint density at radius 2 is 1.72 bits per heavy atom. The molecule has 0 fully saturated rings. The van der Waals surface area contributed by atoms with E-state index in [1.807, 2.05) is 44.4 Å². The summed E-state index contributed by atoms with van der Waals surface area (Å²) in [4.78, 5) is 4.28. The van der Waals surface area contributed by atoms with Crippen LogP contribution in [0.2, 0.25) is 0 Å². The summed E-state index contributed by atoms with van der Waals surface area (Å²) in [5.41, 5.74) is 3.22. The van der Waals surface area contributed by atoms with E-state index in [1.54, 1.807) is 0 Å². The molecule has 0 rings (SSSR count). The maximum absolute atomic E-state index is 4.28. The highest BCUT2D eigenvalue weighted by atomic mass is 14.7. The Bertz CT molecular complexity index is 401. The van der Waals surface area contributed by atoms with Crippen LogP contribution in [0, 0.1) is 5.92 Å². The maximum atomic E-state index is 4.28. The van der Waals surface area contributed by atoms with E-state index in [2.05, 4.69) is 44.5 Å². The number of rotatable bonds is 6. The van der Waals surface area contributed by atoms with Crippen molar-refractivity contribution in [1.29, 1.82) is 0 Å². The van der Waals surface area contributed by atoms with Crippen LogP contribution < -0.4 is 0 Å². The first kappa shape index (κ1) is 16.4. The third-order valence-corrected chi connectivity index (χ3v) is 2.52. The van der Waals surface area contributed by atoms with Gasteiger partial charge in [-0.25, -0.2) is 0 Å². The molecule has 0 radical (unpaired) electrons. The first-order chi connectivity index (χ1) is 8.52. The van der Waals surface area contributed by atoms with E-state index in [1.165, 1.54) is 5.57 Å². The van der Waals surface area contributed by atoms with Crippen LogP contribution >= 0.6 is 0 Å². The number of nitrogens with zero attached hydrogens (tertiary/aromatic N) is 1. The van der Waals surface area contributed by atoms with Crippen LogP contribution in [0.3, 0.4) is 0 Å². The van der Waals surface area contributed by atoms with Crippen LogP contribution in [-0.2, 0) is 0 Å². The van der Waals surface area contributed by atoms with Crippen LogP contribution in [0.25, 0.3) is 0 Å². The molecular formula is C17H25N. The molecule has 1 heteroatoms. The molecule has 98 valence electrons. The lowest BCUT2D eigenvalue weighted by molar-refractivity contribution is 0.806. The Labute approximate surface area is 112 Å². The van der Waals surface area contributed by atoms with E-state index in [9.17, 15) is 0 Å². The summed E-state index contributed by atoms with van der Waals surface area (Å²) < 4.78 is 0. The molecule has 0 aliphatic rings. The molecule has 18 heavy (non-hydrogen) atoms. The molecule has 0 N–H and O–H groups in total. The van der Waals surface area contributed by atoms with Crippen molar-refractivity contribution in [3.05, 3.63) is 60.3 Å². The minimum absolute atomic E-state index is 0.423. The molecule has 0 spiro atoms. The Morgan fingerprint density at radius 1 is 1.11 bits per heavy atom. The molecular weight excluding hydrogens is 218 g/mol. The molecule has 0 heterocycles. The third kappa shape index (κ3) is 6.85. The Morgan fingerprint density at radius 3 is 2.22 bits per heavy atom. The van der Waals surface area contributed by atoms with Crippen molar-refractivity contribution in [2.75, 3.05) is 7.05 Å².